The first kappa shape index (κ1) is 13.4. The summed E-state index contributed by atoms with van der Waals surface area (Å²) in [7, 11) is 1.61. The maximum absolute atomic E-state index is 11.6. The number of nitrogens with zero attached hydrogens (tertiary/aromatic N) is 1. The third-order valence-electron chi connectivity index (χ3n) is 2.35. The molecule has 2 N–H and O–H groups in total. The molecule has 0 spiro atoms. The first-order valence-electron chi connectivity index (χ1n) is 5.64. The molecule has 0 aliphatic heterocycles. The Kier molecular flexibility index (Phi) is 5.42. The molecule has 0 aromatic carbocycles. The number of carbonyl (C=O) groups excluding carboxylic acids is 1. The highest BCUT2D eigenvalue weighted by Gasteiger charge is 2.10. The minimum Gasteiger partial charge on any atom is -0.383 e. The summed E-state index contributed by atoms with van der Waals surface area (Å²) >= 11 is 0. The summed E-state index contributed by atoms with van der Waals surface area (Å²) in [5, 5.41) is 5.49. The normalized spacial score (nSPS) is 11.9. The van der Waals surface area contributed by atoms with Gasteiger partial charge in [0.1, 0.15) is 5.82 Å². The Morgan fingerprint density at radius 2 is 2.29 bits per heavy atom. The number of ether oxygens (including phenoxy) is 1. The van der Waals surface area contributed by atoms with Crippen LogP contribution in [0.5, 0.6) is 0 Å². The SMILES string of the molecule is CC[C@@H](COC)NC(=O)Nc1ccc(C)cn1. The van der Waals surface area contributed by atoms with Crippen LogP contribution in [0.25, 0.3) is 0 Å². The average molecular weight is 237 g/mol. The van der Waals surface area contributed by atoms with E-state index in [1.807, 2.05) is 19.9 Å². The molecule has 0 aliphatic carbocycles. The van der Waals surface area contributed by atoms with Crippen molar-refractivity contribution < 1.29 is 9.53 Å². The summed E-state index contributed by atoms with van der Waals surface area (Å²) < 4.78 is 5.00. The molecule has 5 nitrogen and oxygen atoms in total. The number of aryl methyl sites for hydroxylation is 1. The molecule has 1 aromatic rings. The third-order valence-corrected chi connectivity index (χ3v) is 2.35. The van der Waals surface area contributed by atoms with Gasteiger partial charge in [-0.2, -0.15) is 0 Å². The van der Waals surface area contributed by atoms with Crippen LogP contribution in [-0.4, -0.2) is 30.8 Å². The van der Waals surface area contributed by atoms with Gasteiger partial charge in [-0.25, -0.2) is 9.78 Å². The van der Waals surface area contributed by atoms with E-state index in [2.05, 4.69) is 15.6 Å². The first-order chi connectivity index (χ1) is 8.15. The van der Waals surface area contributed by atoms with E-state index in [9.17, 15) is 4.79 Å². The number of rotatable bonds is 5. The molecule has 0 unspecified atom stereocenters. The molecule has 1 atom stereocenters. The summed E-state index contributed by atoms with van der Waals surface area (Å²) in [5.74, 6) is 0.542. The topological polar surface area (TPSA) is 63.2 Å². The fourth-order valence-corrected chi connectivity index (χ4v) is 1.34. The van der Waals surface area contributed by atoms with Crippen molar-refractivity contribution in [3.05, 3.63) is 23.9 Å². The van der Waals surface area contributed by atoms with E-state index in [0.29, 0.717) is 12.4 Å². The molecule has 94 valence electrons. The van der Waals surface area contributed by atoms with Crippen molar-refractivity contribution in [1.29, 1.82) is 0 Å². The number of carbonyl (C=O) groups is 1. The van der Waals surface area contributed by atoms with E-state index in [0.717, 1.165) is 12.0 Å². The molecule has 0 bridgehead atoms. The fourth-order valence-electron chi connectivity index (χ4n) is 1.34. The van der Waals surface area contributed by atoms with Crippen LogP contribution in [0, 0.1) is 6.92 Å². The molecule has 1 rings (SSSR count). The Bertz CT molecular complexity index is 351. The van der Waals surface area contributed by atoms with Crippen LogP contribution in [0.2, 0.25) is 0 Å². The second-order valence-corrected chi connectivity index (χ2v) is 3.88. The minimum absolute atomic E-state index is 0.0189. The van der Waals surface area contributed by atoms with Crippen LogP contribution < -0.4 is 10.6 Å². The summed E-state index contributed by atoms with van der Waals surface area (Å²) in [4.78, 5) is 15.7. The number of amides is 2. The van der Waals surface area contributed by atoms with Gasteiger partial charge in [-0.05, 0) is 25.0 Å². The van der Waals surface area contributed by atoms with Gasteiger partial charge in [0.15, 0.2) is 0 Å². The number of anilines is 1. The number of pyridine rings is 1. The molecule has 17 heavy (non-hydrogen) atoms. The molecular weight excluding hydrogens is 218 g/mol. The van der Waals surface area contributed by atoms with Gasteiger partial charge in [0, 0.05) is 13.3 Å². The Labute approximate surface area is 102 Å². The lowest BCUT2D eigenvalue weighted by Crippen LogP contribution is -2.40. The largest absolute Gasteiger partial charge is 0.383 e. The highest BCUT2D eigenvalue weighted by molar-refractivity contribution is 5.88. The fraction of sp³-hybridized carbons (Fsp3) is 0.500. The first-order valence-corrected chi connectivity index (χ1v) is 5.64. The predicted octanol–water partition coefficient (Wildman–Crippen LogP) is 1.94. The predicted molar refractivity (Wildman–Crippen MR) is 67.1 cm³/mol. The standard InChI is InChI=1S/C12H19N3O2/c1-4-10(8-17-3)14-12(16)15-11-6-5-9(2)7-13-11/h5-7,10H,4,8H2,1-3H3,(H2,13,14,15,16)/t10-/m0/s1. The summed E-state index contributed by atoms with van der Waals surface area (Å²) in [5.41, 5.74) is 1.06. The Morgan fingerprint density at radius 1 is 1.53 bits per heavy atom. The van der Waals surface area contributed by atoms with Gasteiger partial charge in [-0.15, -0.1) is 0 Å². The Balaban J connectivity index is 2.46. The molecule has 0 saturated heterocycles. The molecule has 1 heterocycles. The second-order valence-electron chi connectivity index (χ2n) is 3.88. The smallest absolute Gasteiger partial charge is 0.320 e. The van der Waals surface area contributed by atoms with Crippen molar-refractivity contribution in [2.45, 2.75) is 26.3 Å². The zero-order valence-corrected chi connectivity index (χ0v) is 10.5. The quantitative estimate of drug-likeness (QED) is 0.822. The molecule has 1 aromatic heterocycles. The van der Waals surface area contributed by atoms with E-state index >= 15 is 0 Å². The Morgan fingerprint density at radius 3 is 2.82 bits per heavy atom. The maximum atomic E-state index is 11.6. The molecule has 0 radical (unpaired) electrons. The molecule has 0 aliphatic rings. The van der Waals surface area contributed by atoms with Crippen molar-refractivity contribution in [2.24, 2.45) is 0 Å². The van der Waals surface area contributed by atoms with Crippen molar-refractivity contribution >= 4 is 11.8 Å². The molecule has 2 amide bonds. The van der Waals surface area contributed by atoms with Crippen LogP contribution >= 0.6 is 0 Å². The number of hydrogen-bond donors (Lipinski definition) is 2. The lowest BCUT2D eigenvalue weighted by atomic mass is 10.2. The van der Waals surface area contributed by atoms with Crippen molar-refractivity contribution in [2.75, 3.05) is 19.0 Å². The lowest BCUT2D eigenvalue weighted by molar-refractivity contribution is 0.165. The lowest BCUT2D eigenvalue weighted by Gasteiger charge is -2.16. The van der Waals surface area contributed by atoms with Gasteiger partial charge in [0.05, 0.1) is 12.6 Å². The van der Waals surface area contributed by atoms with Gasteiger partial charge < -0.3 is 10.1 Å². The summed E-state index contributed by atoms with van der Waals surface area (Å²) in [6.45, 7) is 4.45. The van der Waals surface area contributed by atoms with Crippen molar-refractivity contribution in [3.8, 4) is 0 Å². The average Bonchev–Trinajstić information content (AvgIpc) is 2.31. The highest BCUT2D eigenvalue weighted by atomic mass is 16.5. The number of urea groups is 1. The van der Waals surface area contributed by atoms with E-state index in [1.165, 1.54) is 0 Å². The number of nitrogens with one attached hydrogen (secondary N) is 2. The molecular formula is C12H19N3O2. The minimum atomic E-state index is -0.259. The van der Waals surface area contributed by atoms with Gasteiger partial charge in [0.25, 0.3) is 0 Å². The van der Waals surface area contributed by atoms with Crippen LogP contribution in [0.1, 0.15) is 18.9 Å². The van der Waals surface area contributed by atoms with E-state index in [4.69, 9.17) is 4.74 Å². The van der Waals surface area contributed by atoms with Gasteiger partial charge in [-0.1, -0.05) is 13.0 Å². The number of methoxy groups -OCH3 is 1. The monoisotopic (exact) mass is 237 g/mol. The highest BCUT2D eigenvalue weighted by Crippen LogP contribution is 2.03. The van der Waals surface area contributed by atoms with Crippen molar-refractivity contribution in [3.63, 3.8) is 0 Å². The van der Waals surface area contributed by atoms with Crippen LogP contribution in [0.4, 0.5) is 10.6 Å². The van der Waals surface area contributed by atoms with Gasteiger partial charge >= 0.3 is 6.03 Å². The van der Waals surface area contributed by atoms with Gasteiger partial charge in [-0.3, -0.25) is 5.32 Å². The van der Waals surface area contributed by atoms with E-state index < -0.39 is 0 Å². The van der Waals surface area contributed by atoms with Crippen LogP contribution in [0.3, 0.4) is 0 Å². The number of hydrogen-bond acceptors (Lipinski definition) is 3. The van der Waals surface area contributed by atoms with E-state index in [-0.39, 0.29) is 12.1 Å². The third kappa shape index (κ3) is 4.82. The van der Waals surface area contributed by atoms with Crippen LogP contribution in [-0.2, 0) is 4.74 Å². The zero-order valence-electron chi connectivity index (χ0n) is 10.5. The molecule has 0 fully saturated rings. The van der Waals surface area contributed by atoms with Crippen LogP contribution in [0.15, 0.2) is 18.3 Å². The second kappa shape index (κ2) is 6.85. The summed E-state index contributed by atoms with van der Waals surface area (Å²) in [6.07, 6.45) is 2.53. The van der Waals surface area contributed by atoms with Gasteiger partial charge in [0.2, 0.25) is 0 Å². The molecule has 5 heteroatoms. The number of aromatic nitrogens is 1. The van der Waals surface area contributed by atoms with Crippen molar-refractivity contribution in [1.82, 2.24) is 10.3 Å². The summed E-state index contributed by atoms with van der Waals surface area (Å²) in [6, 6.07) is 3.43. The van der Waals surface area contributed by atoms with E-state index in [1.54, 1.807) is 19.4 Å². The molecule has 0 saturated carbocycles. The zero-order chi connectivity index (χ0) is 12.7. The Hall–Kier alpha value is -1.62. The maximum Gasteiger partial charge on any atom is 0.320 e.